The van der Waals surface area contributed by atoms with E-state index in [1.54, 1.807) is 0 Å². The Kier molecular flexibility index (Phi) is 2.83. The minimum Gasteiger partial charge on any atom is -0.317 e. The van der Waals surface area contributed by atoms with E-state index in [4.69, 9.17) is 0 Å². The van der Waals surface area contributed by atoms with Crippen LogP contribution in [0.5, 0.6) is 0 Å². The Labute approximate surface area is 61.2 Å². The summed E-state index contributed by atoms with van der Waals surface area (Å²) in [6.07, 6.45) is 3.05. The Morgan fingerprint density at radius 1 is 1.70 bits per heavy atom. The Balaban J connectivity index is 2.31. The lowest BCUT2D eigenvalue weighted by Gasteiger charge is -2.26. The van der Waals surface area contributed by atoms with Gasteiger partial charge in [0.25, 0.3) is 0 Å². The number of rotatable bonds is 2. The van der Waals surface area contributed by atoms with Gasteiger partial charge in [0.05, 0.1) is 6.04 Å². The first-order chi connectivity index (χ1) is 4.86. The molecule has 1 aliphatic rings. The van der Waals surface area contributed by atoms with Gasteiger partial charge in [-0.1, -0.05) is 0 Å². The van der Waals surface area contributed by atoms with Crippen LogP contribution in [0.25, 0.3) is 0 Å². The molecule has 58 valence electrons. The van der Waals surface area contributed by atoms with E-state index in [0.29, 0.717) is 6.04 Å². The van der Waals surface area contributed by atoms with Crippen LogP contribution in [0.15, 0.2) is 0 Å². The normalized spacial score (nSPS) is 33.7. The lowest BCUT2D eigenvalue weighted by atomic mass is 10.0. The SMILES string of the molecule is CNC1CCNC(C=O)C1. The molecule has 3 nitrogen and oxygen atoms in total. The molecule has 0 aromatic heterocycles. The largest absolute Gasteiger partial charge is 0.317 e. The fourth-order valence-corrected chi connectivity index (χ4v) is 1.32. The Bertz CT molecular complexity index is 116. The predicted molar refractivity (Wildman–Crippen MR) is 39.9 cm³/mol. The summed E-state index contributed by atoms with van der Waals surface area (Å²) in [6, 6.07) is 0.600. The second-order valence-corrected chi connectivity index (χ2v) is 2.71. The second kappa shape index (κ2) is 3.68. The molecule has 0 amide bonds. The summed E-state index contributed by atoms with van der Waals surface area (Å²) < 4.78 is 0. The summed E-state index contributed by atoms with van der Waals surface area (Å²) in [5.41, 5.74) is 0. The number of nitrogens with one attached hydrogen (secondary N) is 2. The van der Waals surface area contributed by atoms with Gasteiger partial charge in [-0.15, -0.1) is 0 Å². The summed E-state index contributed by atoms with van der Waals surface area (Å²) in [7, 11) is 1.94. The van der Waals surface area contributed by atoms with E-state index in [9.17, 15) is 4.79 Å². The molecule has 1 rings (SSSR count). The molecule has 0 bridgehead atoms. The molecule has 2 unspecified atom stereocenters. The van der Waals surface area contributed by atoms with Gasteiger partial charge < -0.3 is 15.4 Å². The summed E-state index contributed by atoms with van der Waals surface area (Å²) in [5, 5.41) is 6.29. The maximum atomic E-state index is 10.3. The summed E-state index contributed by atoms with van der Waals surface area (Å²) >= 11 is 0. The predicted octanol–water partition coefficient (Wildman–Crippen LogP) is -0.475. The molecule has 0 radical (unpaired) electrons. The smallest absolute Gasteiger partial charge is 0.136 e. The average Bonchev–Trinajstić information content (AvgIpc) is 2.05. The van der Waals surface area contributed by atoms with Gasteiger partial charge in [-0.3, -0.25) is 0 Å². The number of hydrogen-bond acceptors (Lipinski definition) is 3. The molecule has 1 heterocycles. The number of carbonyl (C=O) groups is 1. The second-order valence-electron chi connectivity index (χ2n) is 2.71. The molecule has 0 aromatic carbocycles. The van der Waals surface area contributed by atoms with Crippen LogP contribution >= 0.6 is 0 Å². The quantitative estimate of drug-likeness (QED) is 0.512. The molecule has 1 aliphatic heterocycles. The molecule has 2 N–H and O–H groups in total. The highest BCUT2D eigenvalue weighted by molar-refractivity contribution is 5.57. The Hall–Kier alpha value is -0.410. The van der Waals surface area contributed by atoms with Crippen molar-refractivity contribution in [3.63, 3.8) is 0 Å². The molecule has 10 heavy (non-hydrogen) atoms. The maximum absolute atomic E-state index is 10.3. The van der Waals surface area contributed by atoms with Gasteiger partial charge >= 0.3 is 0 Å². The van der Waals surface area contributed by atoms with Crippen molar-refractivity contribution in [3.8, 4) is 0 Å². The van der Waals surface area contributed by atoms with Gasteiger partial charge in [-0.25, -0.2) is 0 Å². The van der Waals surface area contributed by atoms with Gasteiger partial charge in [0.15, 0.2) is 0 Å². The van der Waals surface area contributed by atoms with E-state index in [0.717, 1.165) is 25.7 Å². The summed E-state index contributed by atoms with van der Waals surface area (Å²) in [6.45, 7) is 0.953. The number of hydrogen-bond donors (Lipinski definition) is 2. The molecule has 0 aliphatic carbocycles. The highest BCUT2D eigenvalue weighted by Crippen LogP contribution is 2.05. The fourth-order valence-electron chi connectivity index (χ4n) is 1.32. The topological polar surface area (TPSA) is 41.1 Å². The highest BCUT2D eigenvalue weighted by Gasteiger charge is 2.18. The van der Waals surface area contributed by atoms with Crippen LogP contribution in [0.2, 0.25) is 0 Å². The molecule has 1 fully saturated rings. The molecular formula is C7H14N2O. The first kappa shape index (κ1) is 7.69. The van der Waals surface area contributed by atoms with Gasteiger partial charge in [0.2, 0.25) is 0 Å². The third-order valence-electron chi connectivity index (χ3n) is 2.01. The van der Waals surface area contributed by atoms with Gasteiger partial charge in [-0.05, 0) is 26.4 Å². The van der Waals surface area contributed by atoms with Crippen LogP contribution in [0.3, 0.4) is 0 Å². The molecule has 1 saturated heterocycles. The van der Waals surface area contributed by atoms with E-state index in [1.807, 2.05) is 7.05 Å². The van der Waals surface area contributed by atoms with Crippen LogP contribution in [0.4, 0.5) is 0 Å². The van der Waals surface area contributed by atoms with E-state index < -0.39 is 0 Å². The highest BCUT2D eigenvalue weighted by atomic mass is 16.1. The van der Waals surface area contributed by atoms with Crippen molar-refractivity contribution in [3.05, 3.63) is 0 Å². The standard InChI is InChI=1S/C7H14N2O/c1-8-6-2-3-9-7(4-6)5-10/h5-9H,2-4H2,1H3. The maximum Gasteiger partial charge on any atom is 0.136 e. The van der Waals surface area contributed by atoms with Gasteiger partial charge in [0, 0.05) is 6.04 Å². The zero-order valence-electron chi connectivity index (χ0n) is 6.26. The van der Waals surface area contributed by atoms with Crippen molar-refractivity contribution in [2.75, 3.05) is 13.6 Å². The van der Waals surface area contributed by atoms with Gasteiger partial charge in [0.1, 0.15) is 6.29 Å². The van der Waals surface area contributed by atoms with Crippen LogP contribution in [0.1, 0.15) is 12.8 Å². The lowest BCUT2D eigenvalue weighted by molar-refractivity contribution is -0.110. The lowest BCUT2D eigenvalue weighted by Crippen LogP contribution is -2.45. The fraction of sp³-hybridized carbons (Fsp3) is 0.857. The van der Waals surface area contributed by atoms with Crippen LogP contribution in [0, 0.1) is 0 Å². The minimum absolute atomic E-state index is 0.0752. The minimum atomic E-state index is 0.0752. The van der Waals surface area contributed by atoms with Gasteiger partial charge in [-0.2, -0.15) is 0 Å². The van der Waals surface area contributed by atoms with E-state index in [-0.39, 0.29) is 6.04 Å². The molecular weight excluding hydrogens is 128 g/mol. The molecule has 0 saturated carbocycles. The van der Waals surface area contributed by atoms with E-state index in [1.165, 1.54) is 0 Å². The van der Waals surface area contributed by atoms with Crippen molar-refractivity contribution in [2.45, 2.75) is 24.9 Å². The first-order valence-electron chi connectivity index (χ1n) is 3.72. The Morgan fingerprint density at radius 2 is 2.50 bits per heavy atom. The van der Waals surface area contributed by atoms with Crippen LogP contribution in [-0.4, -0.2) is 32.0 Å². The first-order valence-corrected chi connectivity index (χ1v) is 3.72. The zero-order chi connectivity index (χ0) is 7.40. The summed E-state index contributed by atoms with van der Waals surface area (Å²) in [5.74, 6) is 0. The third-order valence-corrected chi connectivity index (χ3v) is 2.01. The zero-order valence-corrected chi connectivity index (χ0v) is 6.26. The van der Waals surface area contributed by atoms with Crippen molar-refractivity contribution in [1.29, 1.82) is 0 Å². The summed E-state index contributed by atoms with van der Waals surface area (Å²) in [4.78, 5) is 10.3. The number of aldehydes is 1. The molecule has 2 atom stereocenters. The van der Waals surface area contributed by atoms with Crippen LogP contribution in [-0.2, 0) is 4.79 Å². The van der Waals surface area contributed by atoms with Crippen molar-refractivity contribution >= 4 is 6.29 Å². The Morgan fingerprint density at radius 3 is 3.10 bits per heavy atom. The van der Waals surface area contributed by atoms with E-state index >= 15 is 0 Å². The third kappa shape index (κ3) is 1.78. The number of piperidine rings is 1. The van der Waals surface area contributed by atoms with E-state index in [2.05, 4.69) is 10.6 Å². The molecule has 3 heteroatoms. The van der Waals surface area contributed by atoms with Crippen molar-refractivity contribution in [1.82, 2.24) is 10.6 Å². The van der Waals surface area contributed by atoms with Crippen molar-refractivity contribution < 1.29 is 4.79 Å². The van der Waals surface area contributed by atoms with Crippen LogP contribution < -0.4 is 10.6 Å². The monoisotopic (exact) mass is 142 g/mol. The molecule has 0 aromatic rings. The van der Waals surface area contributed by atoms with Crippen molar-refractivity contribution in [2.24, 2.45) is 0 Å². The average molecular weight is 142 g/mol. The number of carbonyl (C=O) groups excluding carboxylic acids is 1. The molecule has 0 spiro atoms.